The molecule has 1 aromatic heterocycles. The zero-order valence-corrected chi connectivity index (χ0v) is 17.3. The SMILES string of the molecule is Cc1ccc2c(c1)c(-c1ccccc1)c(-c1ccccc1)n2CC(O)CNCCO. The molecule has 4 heteroatoms. The van der Waals surface area contributed by atoms with Crippen LogP contribution in [0.4, 0.5) is 0 Å². The summed E-state index contributed by atoms with van der Waals surface area (Å²) in [5.74, 6) is 0. The lowest BCUT2D eigenvalue weighted by molar-refractivity contribution is 0.151. The Balaban J connectivity index is 1.93. The highest BCUT2D eigenvalue weighted by Crippen LogP contribution is 2.41. The van der Waals surface area contributed by atoms with E-state index in [1.54, 1.807) is 0 Å². The fourth-order valence-electron chi connectivity index (χ4n) is 4.07. The summed E-state index contributed by atoms with van der Waals surface area (Å²) in [6, 6.07) is 27.3. The van der Waals surface area contributed by atoms with E-state index in [1.165, 1.54) is 22.1 Å². The van der Waals surface area contributed by atoms with E-state index < -0.39 is 6.10 Å². The van der Waals surface area contributed by atoms with Crippen molar-refractivity contribution in [3.63, 3.8) is 0 Å². The van der Waals surface area contributed by atoms with E-state index in [9.17, 15) is 5.11 Å². The average Bonchev–Trinajstić information content (AvgIpc) is 3.08. The monoisotopic (exact) mass is 400 g/mol. The van der Waals surface area contributed by atoms with E-state index in [0.29, 0.717) is 19.6 Å². The minimum Gasteiger partial charge on any atom is -0.395 e. The highest BCUT2D eigenvalue weighted by atomic mass is 16.3. The van der Waals surface area contributed by atoms with Gasteiger partial charge in [-0.15, -0.1) is 0 Å². The van der Waals surface area contributed by atoms with Crippen LogP contribution in [0.25, 0.3) is 33.3 Å². The van der Waals surface area contributed by atoms with Crippen molar-refractivity contribution in [2.75, 3.05) is 19.7 Å². The zero-order valence-electron chi connectivity index (χ0n) is 17.3. The molecule has 0 radical (unpaired) electrons. The van der Waals surface area contributed by atoms with Gasteiger partial charge in [-0.2, -0.15) is 0 Å². The van der Waals surface area contributed by atoms with Crippen LogP contribution in [0, 0.1) is 6.92 Å². The molecular formula is C26H28N2O2. The van der Waals surface area contributed by atoms with Crippen LogP contribution in [0.15, 0.2) is 78.9 Å². The first-order valence-corrected chi connectivity index (χ1v) is 10.4. The van der Waals surface area contributed by atoms with E-state index in [2.05, 4.69) is 83.5 Å². The van der Waals surface area contributed by atoms with Gasteiger partial charge in [-0.25, -0.2) is 0 Å². The molecule has 0 bridgehead atoms. The standard InChI is InChI=1S/C26H28N2O2/c1-19-12-13-24-23(16-19)25(20-8-4-2-5-9-20)26(21-10-6-3-7-11-21)28(24)18-22(30)17-27-14-15-29/h2-13,16,22,27,29-30H,14-15,17-18H2,1H3. The molecule has 4 rings (SSSR count). The maximum atomic E-state index is 10.7. The van der Waals surface area contributed by atoms with Gasteiger partial charge in [0.1, 0.15) is 0 Å². The first-order valence-electron chi connectivity index (χ1n) is 10.4. The van der Waals surface area contributed by atoms with Crippen LogP contribution in [0.2, 0.25) is 0 Å². The molecule has 1 heterocycles. The first kappa shape index (κ1) is 20.4. The fraction of sp³-hybridized carbons (Fsp3) is 0.231. The topological polar surface area (TPSA) is 57.4 Å². The van der Waals surface area contributed by atoms with Crippen LogP contribution in [-0.2, 0) is 6.54 Å². The zero-order chi connectivity index (χ0) is 20.9. The molecule has 4 aromatic rings. The number of rotatable bonds is 8. The van der Waals surface area contributed by atoms with Gasteiger partial charge in [0.05, 0.1) is 24.9 Å². The molecule has 0 aliphatic heterocycles. The van der Waals surface area contributed by atoms with Crippen molar-refractivity contribution in [2.24, 2.45) is 0 Å². The highest BCUT2D eigenvalue weighted by molar-refractivity contribution is 6.04. The number of hydrogen-bond donors (Lipinski definition) is 3. The van der Waals surface area contributed by atoms with Crippen LogP contribution < -0.4 is 5.32 Å². The van der Waals surface area contributed by atoms with Gasteiger partial charge in [0.2, 0.25) is 0 Å². The molecule has 1 atom stereocenters. The van der Waals surface area contributed by atoms with Gasteiger partial charge in [-0.05, 0) is 30.2 Å². The normalized spacial score (nSPS) is 12.4. The van der Waals surface area contributed by atoms with Crippen molar-refractivity contribution in [3.8, 4) is 22.4 Å². The van der Waals surface area contributed by atoms with Gasteiger partial charge in [-0.3, -0.25) is 0 Å². The predicted molar refractivity (Wildman–Crippen MR) is 124 cm³/mol. The average molecular weight is 401 g/mol. The van der Waals surface area contributed by atoms with Crippen molar-refractivity contribution in [1.29, 1.82) is 0 Å². The molecule has 3 N–H and O–H groups in total. The van der Waals surface area contributed by atoms with Gasteiger partial charge in [-0.1, -0.05) is 72.3 Å². The molecule has 0 fully saturated rings. The second-order valence-electron chi connectivity index (χ2n) is 7.67. The quantitative estimate of drug-likeness (QED) is 0.388. The highest BCUT2D eigenvalue weighted by Gasteiger charge is 2.21. The van der Waals surface area contributed by atoms with Gasteiger partial charge in [0.25, 0.3) is 0 Å². The van der Waals surface area contributed by atoms with E-state index in [-0.39, 0.29) is 6.61 Å². The van der Waals surface area contributed by atoms with E-state index in [1.807, 2.05) is 12.1 Å². The molecule has 0 aliphatic carbocycles. The Hall–Kier alpha value is -2.92. The summed E-state index contributed by atoms with van der Waals surface area (Å²) in [5.41, 5.74) is 6.92. The largest absolute Gasteiger partial charge is 0.395 e. The van der Waals surface area contributed by atoms with Crippen LogP contribution in [0.3, 0.4) is 0 Å². The summed E-state index contributed by atoms with van der Waals surface area (Å²) < 4.78 is 2.23. The maximum Gasteiger partial charge on any atom is 0.0843 e. The Morgan fingerprint density at radius 3 is 2.23 bits per heavy atom. The Labute approximate surface area is 177 Å². The van der Waals surface area contributed by atoms with Crippen molar-refractivity contribution < 1.29 is 10.2 Å². The summed E-state index contributed by atoms with van der Waals surface area (Å²) in [4.78, 5) is 0. The van der Waals surface area contributed by atoms with Gasteiger partial charge in [0, 0.05) is 29.6 Å². The maximum absolute atomic E-state index is 10.7. The molecule has 1 unspecified atom stereocenters. The van der Waals surface area contributed by atoms with Crippen LogP contribution in [-0.4, -0.2) is 40.6 Å². The van der Waals surface area contributed by atoms with Crippen LogP contribution in [0.5, 0.6) is 0 Å². The number of aliphatic hydroxyl groups excluding tert-OH is 2. The molecule has 3 aromatic carbocycles. The molecule has 30 heavy (non-hydrogen) atoms. The molecule has 0 amide bonds. The van der Waals surface area contributed by atoms with E-state index in [4.69, 9.17) is 5.11 Å². The smallest absolute Gasteiger partial charge is 0.0843 e. The van der Waals surface area contributed by atoms with Crippen molar-refractivity contribution in [2.45, 2.75) is 19.6 Å². The molecule has 0 spiro atoms. The lowest BCUT2D eigenvalue weighted by atomic mass is 9.98. The summed E-state index contributed by atoms with van der Waals surface area (Å²) >= 11 is 0. The second-order valence-corrected chi connectivity index (χ2v) is 7.67. The Morgan fingerprint density at radius 2 is 1.57 bits per heavy atom. The Kier molecular flexibility index (Phi) is 6.29. The minimum absolute atomic E-state index is 0.0614. The van der Waals surface area contributed by atoms with E-state index >= 15 is 0 Å². The number of aromatic nitrogens is 1. The third-order valence-electron chi connectivity index (χ3n) is 5.39. The Morgan fingerprint density at radius 1 is 0.900 bits per heavy atom. The van der Waals surface area contributed by atoms with Gasteiger partial charge in [0.15, 0.2) is 0 Å². The number of aryl methyl sites for hydroxylation is 1. The molecule has 4 nitrogen and oxygen atoms in total. The summed E-state index contributed by atoms with van der Waals surface area (Å²) in [7, 11) is 0. The lowest BCUT2D eigenvalue weighted by Gasteiger charge is -2.17. The number of nitrogens with one attached hydrogen (secondary N) is 1. The van der Waals surface area contributed by atoms with Crippen molar-refractivity contribution in [1.82, 2.24) is 9.88 Å². The Bertz CT molecular complexity index is 1100. The minimum atomic E-state index is -0.570. The molecule has 154 valence electrons. The first-order chi connectivity index (χ1) is 14.7. The van der Waals surface area contributed by atoms with Gasteiger partial charge < -0.3 is 20.1 Å². The summed E-state index contributed by atoms with van der Waals surface area (Å²) in [5, 5.41) is 24.0. The molecule has 0 saturated carbocycles. The molecule has 0 saturated heterocycles. The van der Waals surface area contributed by atoms with Gasteiger partial charge >= 0.3 is 0 Å². The van der Waals surface area contributed by atoms with Crippen molar-refractivity contribution in [3.05, 3.63) is 84.4 Å². The van der Waals surface area contributed by atoms with Crippen LogP contribution >= 0.6 is 0 Å². The second kappa shape index (κ2) is 9.26. The number of aliphatic hydroxyl groups is 2. The third kappa shape index (κ3) is 4.17. The summed E-state index contributed by atoms with van der Waals surface area (Å²) in [6.45, 7) is 3.55. The van der Waals surface area contributed by atoms with Crippen molar-refractivity contribution >= 4 is 10.9 Å². The molecular weight excluding hydrogens is 372 g/mol. The number of benzene rings is 3. The lowest BCUT2D eigenvalue weighted by Crippen LogP contribution is -2.32. The fourth-order valence-corrected chi connectivity index (χ4v) is 4.07. The number of nitrogens with zero attached hydrogens (tertiary/aromatic N) is 1. The number of hydrogen-bond acceptors (Lipinski definition) is 3. The summed E-state index contributed by atoms with van der Waals surface area (Å²) in [6.07, 6.45) is -0.570. The predicted octanol–water partition coefficient (Wildman–Crippen LogP) is 4.23. The third-order valence-corrected chi connectivity index (χ3v) is 5.39. The molecule has 0 aliphatic rings. The van der Waals surface area contributed by atoms with E-state index in [0.717, 1.165) is 16.8 Å². The number of fused-ring (bicyclic) bond motifs is 1. The van der Waals surface area contributed by atoms with Crippen LogP contribution in [0.1, 0.15) is 5.56 Å².